The lowest BCUT2D eigenvalue weighted by atomic mass is 10.1. The Labute approximate surface area is 120 Å². The topological polar surface area (TPSA) is 27.3 Å². The molecule has 0 unspecified atom stereocenters. The van der Waals surface area contributed by atoms with Gasteiger partial charge in [0.05, 0.1) is 0 Å². The van der Waals surface area contributed by atoms with Gasteiger partial charge in [-0.3, -0.25) is 0 Å². The maximum Gasteiger partial charge on any atom is 0.166 e. The molecule has 19 heavy (non-hydrogen) atoms. The Hall–Kier alpha value is -1.20. The smallest absolute Gasteiger partial charge is 0.166 e. The molecule has 3 nitrogen and oxygen atoms in total. The molecule has 1 aromatic carbocycles. The maximum atomic E-state index is 12.7. The number of hydrogen-bond acceptors (Lipinski definition) is 2. The summed E-state index contributed by atoms with van der Waals surface area (Å²) in [5.74, 6) is -0.199. The fourth-order valence-corrected chi connectivity index (χ4v) is 1.84. The summed E-state index contributed by atoms with van der Waals surface area (Å²) in [6.07, 6.45) is 1.90. The van der Waals surface area contributed by atoms with Gasteiger partial charge in [-0.2, -0.15) is 0 Å². The second-order valence-electron chi connectivity index (χ2n) is 4.72. The largest absolute Gasteiger partial charge is 0.363 e. The standard InChI is InChI=1S/C14H22FN3S/c1-18(2)11-3-9-16-14(19)17-10-8-12-4-6-13(15)7-5-12/h4-7H,3,8-11H2,1-2H3,(H2,16,17,19). The zero-order valence-corrected chi connectivity index (χ0v) is 12.4. The van der Waals surface area contributed by atoms with Crippen molar-refractivity contribution >= 4 is 17.3 Å². The Balaban J connectivity index is 2.08. The van der Waals surface area contributed by atoms with Crippen molar-refractivity contribution in [3.63, 3.8) is 0 Å². The van der Waals surface area contributed by atoms with Gasteiger partial charge in [-0.25, -0.2) is 4.39 Å². The molecule has 0 aliphatic carbocycles. The van der Waals surface area contributed by atoms with Gasteiger partial charge in [-0.1, -0.05) is 12.1 Å². The van der Waals surface area contributed by atoms with Crippen LogP contribution in [0.15, 0.2) is 24.3 Å². The summed E-state index contributed by atoms with van der Waals surface area (Å²) in [7, 11) is 4.11. The van der Waals surface area contributed by atoms with Crippen molar-refractivity contribution in [1.82, 2.24) is 15.5 Å². The van der Waals surface area contributed by atoms with Crippen LogP contribution in [0.1, 0.15) is 12.0 Å². The molecule has 1 rings (SSSR count). The van der Waals surface area contributed by atoms with Gasteiger partial charge in [-0.05, 0) is 63.4 Å². The fourth-order valence-electron chi connectivity index (χ4n) is 1.63. The van der Waals surface area contributed by atoms with Gasteiger partial charge in [0.25, 0.3) is 0 Å². The quantitative estimate of drug-likeness (QED) is 0.589. The Morgan fingerprint density at radius 1 is 1.16 bits per heavy atom. The van der Waals surface area contributed by atoms with E-state index in [4.69, 9.17) is 12.2 Å². The van der Waals surface area contributed by atoms with Gasteiger partial charge in [-0.15, -0.1) is 0 Å². The van der Waals surface area contributed by atoms with Crippen molar-refractivity contribution in [1.29, 1.82) is 0 Å². The second-order valence-corrected chi connectivity index (χ2v) is 5.12. The molecule has 0 bridgehead atoms. The molecule has 2 N–H and O–H groups in total. The average Bonchev–Trinajstić information content (AvgIpc) is 2.37. The molecular weight excluding hydrogens is 261 g/mol. The minimum Gasteiger partial charge on any atom is -0.363 e. The summed E-state index contributed by atoms with van der Waals surface area (Å²) in [6.45, 7) is 2.68. The number of benzene rings is 1. The van der Waals surface area contributed by atoms with Crippen molar-refractivity contribution in [3.8, 4) is 0 Å². The predicted molar refractivity (Wildman–Crippen MR) is 81.9 cm³/mol. The lowest BCUT2D eigenvalue weighted by Crippen LogP contribution is -2.37. The summed E-state index contributed by atoms with van der Waals surface area (Å²) in [5, 5.41) is 7.00. The molecule has 5 heteroatoms. The highest BCUT2D eigenvalue weighted by molar-refractivity contribution is 7.80. The molecule has 0 saturated carbocycles. The van der Waals surface area contributed by atoms with Gasteiger partial charge in [0.2, 0.25) is 0 Å². The predicted octanol–water partition coefficient (Wildman–Crippen LogP) is 1.78. The van der Waals surface area contributed by atoms with E-state index in [1.165, 1.54) is 12.1 Å². The molecule has 0 spiro atoms. The van der Waals surface area contributed by atoms with Crippen LogP contribution >= 0.6 is 12.2 Å². The molecule has 0 aromatic heterocycles. The Bertz CT molecular complexity index is 379. The van der Waals surface area contributed by atoms with Crippen molar-refractivity contribution < 1.29 is 4.39 Å². The third-order valence-electron chi connectivity index (χ3n) is 2.68. The van der Waals surface area contributed by atoms with Crippen molar-refractivity contribution in [2.75, 3.05) is 33.7 Å². The molecule has 0 atom stereocenters. The molecule has 0 aliphatic rings. The summed E-state index contributed by atoms with van der Waals surface area (Å²) in [4.78, 5) is 2.15. The molecule has 0 aliphatic heterocycles. The van der Waals surface area contributed by atoms with Crippen LogP contribution in [0.3, 0.4) is 0 Å². The van der Waals surface area contributed by atoms with E-state index < -0.39 is 0 Å². The van der Waals surface area contributed by atoms with Crippen molar-refractivity contribution in [2.24, 2.45) is 0 Å². The van der Waals surface area contributed by atoms with Gasteiger partial charge in [0.1, 0.15) is 5.82 Å². The van der Waals surface area contributed by atoms with E-state index in [-0.39, 0.29) is 5.82 Å². The second kappa shape index (κ2) is 8.82. The van der Waals surface area contributed by atoms with Crippen LogP contribution in [0.2, 0.25) is 0 Å². The van der Waals surface area contributed by atoms with Crippen LogP contribution in [0.25, 0.3) is 0 Å². The van der Waals surface area contributed by atoms with Crippen molar-refractivity contribution in [2.45, 2.75) is 12.8 Å². The van der Waals surface area contributed by atoms with E-state index in [0.717, 1.165) is 38.0 Å². The molecule has 0 fully saturated rings. The number of thiocarbonyl (C=S) groups is 1. The number of nitrogens with zero attached hydrogens (tertiary/aromatic N) is 1. The zero-order valence-electron chi connectivity index (χ0n) is 11.6. The minimum absolute atomic E-state index is 0.199. The normalized spacial score (nSPS) is 10.5. The molecule has 0 saturated heterocycles. The van der Waals surface area contributed by atoms with E-state index in [9.17, 15) is 4.39 Å². The van der Waals surface area contributed by atoms with Crippen LogP contribution in [0.4, 0.5) is 4.39 Å². The average molecular weight is 283 g/mol. The molecule has 0 amide bonds. The first-order valence-electron chi connectivity index (χ1n) is 6.49. The van der Waals surface area contributed by atoms with E-state index in [0.29, 0.717) is 5.11 Å². The molecule has 0 radical (unpaired) electrons. The number of halogens is 1. The first-order valence-corrected chi connectivity index (χ1v) is 6.89. The highest BCUT2D eigenvalue weighted by Gasteiger charge is 1.97. The number of nitrogens with one attached hydrogen (secondary N) is 2. The Morgan fingerprint density at radius 2 is 1.79 bits per heavy atom. The van der Waals surface area contributed by atoms with Crippen LogP contribution in [-0.2, 0) is 6.42 Å². The van der Waals surface area contributed by atoms with Gasteiger partial charge < -0.3 is 15.5 Å². The van der Waals surface area contributed by atoms with Crippen LogP contribution in [-0.4, -0.2) is 43.7 Å². The third kappa shape index (κ3) is 7.74. The number of rotatable bonds is 7. The summed E-state index contributed by atoms with van der Waals surface area (Å²) in [6, 6.07) is 6.55. The van der Waals surface area contributed by atoms with Crippen LogP contribution in [0, 0.1) is 5.82 Å². The van der Waals surface area contributed by atoms with Gasteiger partial charge in [0, 0.05) is 13.1 Å². The van der Waals surface area contributed by atoms with E-state index in [1.807, 2.05) is 0 Å². The molecule has 1 aromatic rings. The Morgan fingerprint density at radius 3 is 2.42 bits per heavy atom. The maximum absolute atomic E-state index is 12.7. The molecular formula is C14H22FN3S. The van der Waals surface area contributed by atoms with Gasteiger partial charge >= 0.3 is 0 Å². The molecule has 0 heterocycles. The van der Waals surface area contributed by atoms with E-state index >= 15 is 0 Å². The van der Waals surface area contributed by atoms with Gasteiger partial charge in [0.15, 0.2) is 5.11 Å². The first kappa shape index (κ1) is 15.9. The highest BCUT2D eigenvalue weighted by atomic mass is 32.1. The van der Waals surface area contributed by atoms with E-state index in [2.05, 4.69) is 29.6 Å². The number of hydrogen-bond donors (Lipinski definition) is 2. The SMILES string of the molecule is CN(C)CCCNC(=S)NCCc1ccc(F)cc1. The highest BCUT2D eigenvalue weighted by Crippen LogP contribution is 2.02. The molecule has 106 valence electrons. The summed E-state index contributed by atoms with van der Waals surface area (Å²) >= 11 is 5.17. The Kier molecular flexibility index (Phi) is 7.36. The summed E-state index contributed by atoms with van der Waals surface area (Å²) in [5.41, 5.74) is 1.10. The zero-order chi connectivity index (χ0) is 14.1. The first-order chi connectivity index (χ1) is 9.08. The fraction of sp³-hybridized carbons (Fsp3) is 0.500. The van der Waals surface area contributed by atoms with E-state index in [1.54, 1.807) is 12.1 Å². The lowest BCUT2D eigenvalue weighted by Gasteiger charge is -2.12. The summed E-state index contributed by atoms with van der Waals surface area (Å²) < 4.78 is 12.7. The third-order valence-corrected chi connectivity index (χ3v) is 2.97. The van der Waals surface area contributed by atoms with Crippen LogP contribution in [0.5, 0.6) is 0 Å². The van der Waals surface area contributed by atoms with Crippen LogP contribution < -0.4 is 10.6 Å². The monoisotopic (exact) mass is 283 g/mol. The lowest BCUT2D eigenvalue weighted by molar-refractivity contribution is 0.400. The minimum atomic E-state index is -0.199. The van der Waals surface area contributed by atoms with Crippen molar-refractivity contribution in [3.05, 3.63) is 35.6 Å².